The van der Waals surface area contributed by atoms with Crippen LogP contribution < -0.4 is 19.8 Å². The lowest BCUT2D eigenvalue weighted by Crippen LogP contribution is -2.19. The first kappa shape index (κ1) is 25.3. The molecule has 0 unspecified atom stereocenters. The number of amides is 1. The molecule has 1 heterocycles. The van der Waals surface area contributed by atoms with E-state index in [9.17, 15) is 10.1 Å². The number of nitrogens with zero attached hydrogens (tertiary/aromatic N) is 3. The Kier molecular flexibility index (Phi) is 8.58. The minimum Gasteiger partial charge on any atom is -0.490 e. The molecule has 0 aromatic heterocycles. The van der Waals surface area contributed by atoms with E-state index < -0.39 is 0 Å². The topological polar surface area (TPSA) is 86.9 Å². The Balaban J connectivity index is 1.42. The molecular weight excluding hydrogens is 520 g/mol. The average Bonchev–Trinajstić information content (AvgIpc) is 3.45. The molecular formula is C28H27BrN4O3. The van der Waals surface area contributed by atoms with Gasteiger partial charge < -0.3 is 14.4 Å². The van der Waals surface area contributed by atoms with Crippen molar-refractivity contribution in [1.82, 2.24) is 5.43 Å². The molecule has 0 saturated carbocycles. The van der Waals surface area contributed by atoms with Gasteiger partial charge in [-0.15, -0.1) is 0 Å². The maximum atomic E-state index is 12.5. The van der Waals surface area contributed by atoms with E-state index in [1.165, 1.54) is 12.8 Å². The van der Waals surface area contributed by atoms with Crippen molar-refractivity contribution >= 4 is 33.7 Å². The van der Waals surface area contributed by atoms with Gasteiger partial charge in [0.2, 0.25) is 0 Å². The highest BCUT2D eigenvalue weighted by Gasteiger charge is 2.14. The third-order valence-corrected chi connectivity index (χ3v) is 6.54. The minimum atomic E-state index is -0.281. The van der Waals surface area contributed by atoms with Gasteiger partial charge >= 0.3 is 0 Å². The van der Waals surface area contributed by atoms with Gasteiger partial charge in [0.1, 0.15) is 6.61 Å². The van der Waals surface area contributed by atoms with Crippen LogP contribution in [0.25, 0.3) is 0 Å². The Labute approximate surface area is 219 Å². The van der Waals surface area contributed by atoms with Crippen molar-refractivity contribution in [1.29, 1.82) is 5.26 Å². The van der Waals surface area contributed by atoms with Crippen LogP contribution in [-0.4, -0.2) is 31.8 Å². The molecule has 1 fully saturated rings. The van der Waals surface area contributed by atoms with E-state index in [4.69, 9.17) is 9.47 Å². The monoisotopic (exact) mass is 546 g/mol. The standard InChI is InChI=1S/C28H27BrN4O3/c1-2-35-26-15-23(25(29)16-27(26)36-19-22-8-4-3-7-21(22)17-30)18-31-32-28(34)20-9-11-24(12-10-20)33-13-5-6-14-33/h3-4,7-12,15-16,18H,2,5-6,13-14,19H2,1H3,(H,32,34)/b31-18-. The molecule has 0 aliphatic carbocycles. The number of hydrogen-bond donors (Lipinski definition) is 1. The summed E-state index contributed by atoms with van der Waals surface area (Å²) in [6.07, 6.45) is 3.97. The summed E-state index contributed by atoms with van der Waals surface area (Å²) < 4.78 is 12.5. The van der Waals surface area contributed by atoms with Gasteiger partial charge in [-0.25, -0.2) is 5.43 Å². The summed E-state index contributed by atoms with van der Waals surface area (Å²) >= 11 is 3.54. The quantitative estimate of drug-likeness (QED) is 0.276. The lowest BCUT2D eigenvalue weighted by Gasteiger charge is -2.17. The normalized spacial score (nSPS) is 13.0. The van der Waals surface area contributed by atoms with E-state index in [1.54, 1.807) is 24.4 Å². The molecule has 1 saturated heterocycles. The molecule has 1 N–H and O–H groups in total. The molecule has 0 bridgehead atoms. The molecule has 0 spiro atoms. The van der Waals surface area contributed by atoms with Crippen molar-refractivity contribution in [3.8, 4) is 17.6 Å². The number of hydrazone groups is 1. The number of anilines is 1. The fraction of sp³-hybridized carbons (Fsp3) is 0.250. The van der Waals surface area contributed by atoms with Crippen LogP contribution >= 0.6 is 15.9 Å². The number of rotatable bonds is 9. The van der Waals surface area contributed by atoms with Gasteiger partial charge in [-0.1, -0.05) is 18.2 Å². The zero-order valence-corrected chi connectivity index (χ0v) is 21.6. The van der Waals surface area contributed by atoms with Gasteiger partial charge in [-0.2, -0.15) is 10.4 Å². The summed E-state index contributed by atoms with van der Waals surface area (Å²) in [5, 5.41) is 13.4. The SMILES string of the molecule is CCOc1cc(/C=N\NC(=O)c2ccc(N3CCCC3)cc2)c(Br)cc1OCc1ccccc1C#N. The van der Waals surface area contributed by atoms with Crippen molar-refractivity contribution in [2.75, 3.05) is 24.6 Å². The van der Waals surface area contributed by atoms with Gasteiger partial charge in [0.05, 0.1) is 24.5 Å². The van der Waals surface area contributed by atoms with Crippen molar-refractivity contribution in [3.63, 3.8) is 0 Å². The molecule has 0 radical (unpaired) electrons. The Morgan fingerprint density at radius 3 is 2.56 bits per heavy atom. The summed E-state index contributed by atoms with van der Waals surface area (Å²) in [5.41, 5.74) is 6.34. The molecule has 36 heavy (non-hydrogen) atoms. The van der Waals surface area contributed by atoms with Crippen LogP contribution in [0.5, 0.6) is 11.5 Å². The van der Waals surface area contributed by atoms with E-state index in [0.717, 1.165) is 28.8 Å². The number of halogens is 1. The second-order valence-electron chi connectivity index (χ2n) is 8.25. The smallest absolute Gasteiger partial charge is 0.271 e. The fourth-order valence-electron chi connectivity index (χ4n) is 3.97. The number of carbonyl (C=O) groups excluding carboxylic acids is 1. The van der Waals surface area contributed by atoms with Gasteiger partial charge in [0, 0.05) is 39.9 Å². The van der Waals surface area contributed by atoms with Gasteiger partial charge in [0.15, 0.2) is 11.5 Å². The van der Waals surface area contributed by atoms with Crippen LogP contribution in [0.2, 0.25) is 0 Å². The molecule has 3 aromatic rings. The molecule has 0 atom stereocenters. The number of carbonyl (C=O) groups is 1. The van der Waals surface area contributed by atoms with Gasteiger partial charge in [0.25, 0.3) is 5.91 Å². The zero-order valence-electron chi connectivity index (χ0n) is 20.0. The predicted molar refractivity (Wildman–Crippen MR) is 144 cm³/mol. The van der Waals surface area contributed by atoms with Gasteiger partial charge in [-0.3, -0.25) is 4.79 Å². The summed E-state index contributed by atoms with van der Waals surface area (Å²) in [6, 6.07) is 20.7. The highest BCUT2D eigenvalue weighted by molar-refractivity contribution is 9.10. The second kappa shape index (κ2) is 12.2. The molecule has 184 valence electrons. The van der Waals surface area contributed by atoms with Crippen molar-refractivity contribution < 1.29 is 14.3 Å². The molecule has 1 aliphatic rings. The lowest BCUT2D eigenvalue weighted by atomic mass is 10.1. The number of ether oxygens (including phenoxy) is 2. The maximum absolute atomic E-state index is 12.5. The zero-order chi connectivity index (χ0) is 25.3. The molecule has 3 aromatic carbocycles. The Hall–Kier alpha value is -3.83. The van der Waals surface area contributed by atoms with Crippen LogP contribution in [0, 0.1) is 11.3 Å². The largest absolute Gasteiger partial charge is 0.490 e. The molecule has 1 aliphatic heterocycles. The third kappa shape index (κ3) is 6.23. The van der Waals surface area contributed by atoms with E-state index in [2.05, 4.69) is 37.4 Å². The van der Waals surface area contributed by atoms with Crippen LogP contribution in [-0.2, 0) is 6.61 Å². The Bertz CT molecular complexity index is 1280. The van der Waals surface area contributed by atoms with Crippen molar-refractivity contribution in [2.24, 2.45) is 5.10 Å². The van der Waals surface area contributed by atoms with Crippen LogP contribution in [0.4, 0.5) is 5.69 Å². The maximum Gasteiger partial charge on any atom is 0.271 e. The van der Waals surface area contributed by atoms with E-state index in [1.807, 2.05) is 49.4 Å². The Morgan fingerprint density at radius 2 is 1.83 bits per heavy atom. The minimum absolute atomic E-state index is 0.232. The van der Waals surface area contributed by atoms with Crippen molar-refractivity contribution in [2.45, 2.75) is 26.4 Å². The number of nitrogens with one attached hydrogen (secondary N) is 1. The summed E-state index contributed by atoms with van der Waals surface area (Å²) in [4.78, 5) is 14.9. The lowest BCUT2D eigenvalue weighted by molar-refractivity contribution is 0.0955. The fourth-order valence-corrected chi connectivity index (χ4v) is 4.39. The number of hydrogen-bond acceptors (Lipinski definition) is 6. The molecule has 7 nitrogen and oxygen atoms in total. The first-order valence-electron chi connectivity index (χ1n) is 11.8. The Morgan fingerprint density at radius 1 is 1.11 bits per heavy atom. The molecule has 8 heteroatoms. The van der Waals surface area contributed by atoms with Crippen LogP contribution in [0.1, 0.15) is 46.8 Å². The van der Waals surface area contributed by atoms with Gasteiger partial charge in [-0.05, 0) is 78.2 Å². The van der Waals surface area contributed by atoms with E-state index in [-0.39, 0.29) is 12.5 Å². The second-order valence-corrected chi connectivity index (χ2v) is 9.11. The summed E-state index contributed by atoms with van der Waals surface area (Å²) in [6.45, 7) is 4.69. The first-order valence-corrected chi connectivity index (χ1v) is 12.6. The third-order valence-electron chi connectivity index (χ3n) is 5.85. The van der Waals surface area contributed by atoms with Crippen LogP contribution in [0.3, 0.4) is 0 Å². The van der Waals surface area contributed by atoms with E-state index in [0.29, 0.717) is 34.8 Å². The van der Waals surface area contributed by atoms with Crippen LogP contribution in [0.15, 0.2) is 70.2 Å². The summed E-state index contributed by atoms with van der Waals surface area (Å²) in [7, 11) is 0. The predicted octanol–water partition coefficient (Wildman–Crippen LogP) is 5.66. The number of benzene rings is 3. The molecule has 1 amide bonds. The van der Waals surface area contributed by atoms with Crippen molar-refractivity contribution in [3.05, 3.63) is 87.4 Å². The first-order chi connectivity index (χ1) is 17.6. The molecule has 4 rings (SSSR count). The number of nitriles is 1. The van der Waals surface area contributed by atoms with E-state index >= 15 is 0 Å². The highest BCUT2D eigenvalue weighted by atomic mass is 79.9. The highest BCUT2D eigenvalue weighted by Crippen LogP contribution is 2.34. The summed E-state index contributed by atoms with van der Waals surface area (Å²) in [5.74, 6) is 0.799. The average molecular weight is 547 g/mol.